The van der Waals surface area contributed by atoms with Crippen molar-refractivity contribution >= 4 is 11.8 Å². The number of carbonyl (C=O) groups excluding carboxylic acids is 2. The van der Waals surface area contributed by atoms with Crippen LogP contribution in [-0.2, 0) is 9.59 Å². The third-order valence-electron chi connectivity index (χ3n) is 3.66. The topological polar surface area (TPSA) is 66.6 Å². The summed E-state index contributed by atoms with van der Waals surface area (Å²) in [4.78, 5) is 26.9. The molecule has 1 aliphatic rings. The van der Waals surface area contributed by atoms with E-state index in [2.05, 4.69) is 0 Å². The molecule has 0 aromatic carbocycles. The fourth-order valence-electron chi connectivity index (χ4n) is 2.35. The Morgan fingerprint density at radius 3 is 2.17 bits per heavy atom. The summed E-state index contributed by atoms with van der Waals surface area (Å²) < 4.78 is 0. The highest BCUT2D eigenvalue weighted by Gasteiger charge is 2.33. The van der Waals surface area contributed by atoms with Crippen LogP contribution in [0.5, 0.6) is 0 Å². The van der Waals surface area contributed by atoms with Crippen molar-refractivity contribution in [2.24, 2.45) is 5.73 Å². The van der Waals surface area contributed by atoms with Crippen molar-refractivity contribution in [3.8, 4) is 0 Å². The van der Waals surface area contributed by atoms with Gasteiger partial charge in [0.25, 0.3) is 0 Å². The molecule has 1 saturated carbocycles. The van der Waals surface area contributed by atoms with Gasteiger partial charge in [-0.1, -0.05) is 12.8 Å². The van der Waals surface area contributed by atoms with Gasteiger partial charge in [-0.3, -0.25) is 9.59 Å². The fourth-order valence-corrected chi connectivity index (χ4v) is 2.35. The number of nitrogens with zero attached hydrogens (tertiary/aromatic N) is 2. The van der Waals surface area contributed by atoms with Gasteiger partial charge in [0.05, 0.1) is 6.54 Å². The molecule has 0 atom stereocenters. The van der Waals surface area contributed by atoms with Crippen LogP contribution in [0.1, 0.15) is 39.0 Å². The molecule has 0 aromatic heterocycles. The quantitative estimate of drug-likeness (QED) is 0.781. The summed E-state index contributed by atoms with van der Waals surface area (Å²) in [7, 11) is 3.39. The molecular formula is C13H25N3O2. The highest BCUT2D eigenvalue weighted by molar-refractivity contribution is 5.85. The Bertz CT molecular complexity index is 309. The first-order chi connectivity index (χ1) is 8.38. The summed E-state index contributed by atoms with van der Waals surface area (Å²) >= 11 is 0. The van der Waals surface area contributed by atoms with E-state index < -0.39 is 0 Å². The molecule has 18 heavy (non-hydrogen) atoms. The van der Waals surface area contributed by atoms with E-state index in [9.17, 15) is 9.59 Å². The van der Waals surface area contributed by atoms with E-state index in [4.69, 9.17) is 5.73 Å². The Morgan fingerprint density at radius 2 is 1.72 bits per heavy atom. The number of hydrogen-bond acceptors (Lipinski definition) is 3. The lowest BCUT2D eigenvalue weighted by Gasteiger charge is -2.28. The summed E-state index contributed by atoms with van der Waals surface area (Å²) in [5.41, 5.74) is 5.86. The van der Waals surface area contributed by atoms with E-state index in [1.807, 2.05) is 6.92 Å². The van der Waals surface area contributed by atoms with Gasteiger partial charge in [0.1, 0.15) is 0 Å². The van der Waals surface area contributed by atoms with Crippen molar-refractivity contribution in [2.75, 3.05) is 27.2 Å². The zero-order chi connectivity index (χ0) is 13.8. The molecule has 5 heteroatoms. The van der Waals surface area contributed by atoms with Gasteiger partial charge >= 0.3 is 0 Å². The smallest absolute Gasteiger partial charge is 0.241 e. The predicted octanol–water partition coefficient (Wildman–Crippen LogP) is 0.585. The van der Waals surface area contributed by atoms with Crippen LogP contribution in [0, 0.1) is 0 Å². The van der Waals surface area contributed by atoms with Crippen LogP contribution in [0.2, 0.25) is 0 Å². The molecule has 5 nitrogen and oxygen atoms in total. The van der Waals surface area contributed by atoms with E-state index >= 15 is 0 Å². The average molecular weight is 255 g/mol. The van der Waals surface area contributed by atoms with E-state index in [1.165, 1.54) is 4.90 Å². The fraction of sp³-hybridized carbons (Fsp3) is 0.846. The zero-order valence-electron chi connectivity index (χ0n) is 11.7. The second kappa shape index (κ2) is 6.18. The van der Waals surface area contributed by atoms with E-state index in [0.717, 1.165) is 25.7 Å². The summed E-state index contributed by atoms with van der Waals surface area (Å²) in [5.74, 6) is -0.0557. The van der Waals surface area contributed by atoms with Gasteiger partial charge in [-0.05, 0) is 19.8 Å². The van der Waals surface area contributed by atoms with Crippen LogP contribution in [0.25, 0.3) is 0 Å². The van der Waals surface area contributed by atoms with Gasteiger partial charge < -0.3 is 15.5 Å². The van der Waals surface area contributed by atoms with Crippen molar-refractivity contribution < 1.29 is 9.59 Å². The van der Waals surface area contributed by atoms with Crippen molar-refractivity contribution in [1.29, 1.82) is 0 Å². The molecule has 0 unspecified atom stereocenters. The third kappa shape index (κ3) is 3.98. The standard InChI is InChI=1S/C13H25N3O2/c1-4-16(10-12(18)15(2)3)11(17)9-13(14)7-5-6-8-13/h4-10,14H2,1-3H3. The van der Waals surface area contributed by atoms with Crippen molar-refractivity contribution in [3.05, 3.63) is 0 Å². The summed E-state index contributed by atoms with van der Waals surface area (Å²) in [5, 5.41) is 0. The van der Waals surface area contributed by atoms with Gasteiger partial charge in [0.15, 0.2) is 0 Å². The molecule has 2 N–H and O–H groups in total. The molecule has 104 valence electrons. The molecule has 0 aliphatic heterocycles. The number of likely N-dealkylation sites (N-methyl/N-ethyl adjacent to an activating group) is 2. The van der Waals surface area contributed by atoms with Crippen LogP contribution >= 0.6 is 0 Å². The molecule has 0 saturated heterocycles. The molecule has 0 aromatic rings. The van der Waals surface area contributed by atoms with Crippen LogP contribution in [0.4, 0.5) is 0 Å². The first kappa shape index (κ1) is 15.0. The molecule has 0 bridgehead atoms. The average Bonchev–Trinajstić information content (AvgIpc) is 2.71. The number of carbonyl (C=O) groups is 2. The number of nitrogens with two attached hydrogens (primary N) is 1. The summed E-state index contributed by atoms with van der Waals surface area (Å²) in [6.45, 7) is 2.59. The van der Waals surface area contributed by atoms with Crippen molar-refractivity contribution in [3.63, 3.8) is 0 Å². The highest BCUT2D eigenvalue weighted by Crippen LogP contribution is 2.30. The number of hydrogen-bond donors (Lipinski definition) is 1. The minimum Gasteiger partial charge on any atom is -0.347 e. The molecule has 2 amide bonds. The molecule has 1 aliphatic carbocycles. The van der Waals surface area contributed by atoms with Crippen LogP contribution in [-0.4, -0.2) is 54.3 Å². The predicted molar refractivity (Wildman–Crippen MR) is 71.0 cm³/mol. The molecule has 0 radical (unpaired) electrons. The Kier molecular flexibility index (Phi) is 5.14. The maximum absolute atomic E-state index is 12.2. The minimum atomic E-state index is -0.342. The highest BCUT2D eigenvalue weighted by atomic mass is 16.2. The van der Waals surface area contributed by atoms with Gasteiger partial charge in [0.2, 0.25) is 11.8 Å². The first-order valence-electron chi connectivity index (χ1n) is 6.65. The van der Waals surface area contributed by atoms with Crippen molar-refractivity contribution in [1.82, 2.24) is 9.80 Å². The summed E-state index contributed by atoms with van der Waals surface area (Å²) in [6.07, 6.45) is 4.40. The van der Waals surface area contributed by atoms with E-state index in [0.29, 0.717) is 13.0 Å². The largest absolute Gasteiger partial charge is 0.347 e. The van der Waals surface area contributed by atoms with Crippen LogP contribution in [0.3, 0.4) is 0 Å². The first-order valence-corrected chi connectivity index (χ1v) is 6.65. The third-order valence-corrected chi connectivity index (χ3v) is 3.66. The lowest BCUT2D eigenvalue weighted by molar-refractivity contribution is -0.139. The minimum absolute atomic E-state index is 0.00269. The summed E-state index contributed by atoms with van der Waals surface area (Å²) in [6, 6.07) is 0. The lowest BCUT2D eigenvalue weighted by atomic mass is 9.94. The second-order valence-electron chi connectivity index (χ2n) is 5.44. The SMILES string of the molecule is CCN(CC(=O)N(C)C)C(=O)CC1(N)CCCC1. The number of rotatable bonds is 5. The molecule has 0 heterocycles. The van der Waals surface area contributed by atoms with Gasteiger partial charge in [0, 0.05) is 32.6 Å². The zero-order valence-corrected chi connectivity index (χ0v) is 11.7. The second-order valence-corrected chi connectivity index (χ2v) is 5.44. The number of amides is 2. The maximum Gasteiger partial charge on any atom is 0.241 e. The monoisotopic (exact) mass is 255 g/mol. The van der Waals surface area contributed by atoms with Crippen LogP contribution < -0.4 is 5.73 Å². The molecule has 1 fully saturated rings. The van der Waals surface area contributed by atoms with Crippen molar-refractivity contribution in [2.45, 2.75) is 44.6 Å². The molecular weight excluding hydrogens is 230 g/mol. The maximum atomic E-state index is 12.2. The Labute approximate surface area is 109 Å². The van der Waals surface area contributed by atoms with Gasteiger partial charge in [-0.15, -0.1) is 0 Å². The van der Waals surface area contributed by atoms with E-state index in [1.54, 1.807) is 19.0 Å². The Hall–Kier alpha value is -1.10. The van der Waals surface area contributed by atoms with Crippen LogP contribution in [0.15, 0.2) is 0 Å². The van der Waals surface area contributed by atoms with Gasteiger partial charge in [-0.25, -0.2) is 0 Å². The Balaban J connectivity index is 2.54. The Morgan fingerprint density at radius 1 is 1.17 bits per heavy atom. The van der Waals surface area contributed by atoms with E-state index in [-0.39, 0.29) is 23.9 Å². The molecule has 1 rings (SSSR count). The lowest BCUT2D eigenvalue weighted by Crippen LogP contribution is -2.46. The van der Waals surface area contributed by atoms with Gasteiger partial charge in [-0.2, -0.15) is 0 Å². The normalized spacial score (nSPS) is 17.6. The molecule has 0 spiro atoms.